The molecule has 8 nitrogen and oxygen atoms in total. The predicted molar refractivity (Wildman–Crippen MR) is 105 cm³/mol. The Morgan fingerprint density at radius 1 is 1.19 bits per heavy atom. The third kappa shape index (κ3) is 3.70. The number of carbonyl (C=O) groups is 1. The summed E-state index contributed by atoms with van der Waals surface area (Å²) in [5, 5.41) is 11.9. The SMILES string of the molecule is CCNC(=O)N1CCC(Nc2nc(C3CCCC3)nc3c2cnn3C)CC1. The molecule has 0 atom stereocenters. The summed E-state index contributed by atoms with van der Waals surface area (Å²) in [6.07, 6.45) is 8.56. The molecule has 3 heterocycles. The molecule has 0 aromatic carbocycles. The first kappa shape index (κ1) is 18.0. The van der Waals surface area contributed by atoms with Crippen LogP contribution in [0.25, 0.3) is 11.0 Å². The molecule has 27 heavy (non-hydrogen) atoms. The summed E-state index contributed by atoms with van der Waals surface area (Å²) in [6.45, 7) is 4.14. The van der Waals surface area contributed by atoms with Gasteiger partial charge in [-0.15, -0.1) is 0 Å². The van der Waals surface area contributed by atoms with E-state index in [2.05, 4.69) is 15.7 Å². The van der Waals surface area contributed by atoms with Crippen molar-refractivity contribution in [2.75, 3.05) is 25.0 Å². The van der Waals surface area contributed by atoms with E-state index in [-0.39, 0.29) is 6.03 Å². The van der Waals surface area contributed by atoms with Gasteiger partial charge >= 0.3 is 6.03 Å². The summed E-state index contributed by atoms with van der Waals surface area (Å²) in [6, 6.07) is 0.349. The number of piperidine rings is 1. The van der Waals surface area contributed by atoms with Gasteiger partial charge in [-0.25, -0.2) is 14.8 Å². The van der Waals surface area contributed by atoms with Crippen molar-refractivity contribution < 1.29 is 4.79 Å². The van der Waals surface area contributed by atoms with Crippen LogP contribution in [0, 0.1) is 0 Å². The van der Waals surface area contributed by atoms with Gasteiger partial charge in [0.05, 0.1) is 11.6 Å². The van der Waals surface area contributed by atoms with Crippen LogP contribution in [0.1, 0.15) is 57.2 Å². The average molecular weight is 371 g/mol. The van der Waals surface area contributed by atoms with Crippen molar-refractivity contribution >= 4 is 22.9 Å². The number of hydrogen-bond acceptors (Lipinski definition) is 5. The molecule has 1 aliphatic heterocycles. The Kier molecular flexibility index (Phi) is 5.13. The molecule has 8 heteroatoms. The second-order valence-electron chi connectivity index (χ2n) is 7.66. The summed E-state index contributed by atoms with van der Waals surface area (Å²) in [5.41, 5.74) is 0.897. The Morgan fingerprint density at radius 3 is 2.63 bits per heavy atom. The smallest absolute Gasteiger partial charge is 0.317 e. The van der Waals surface area contributed by atoms with Crippen LogP contribution in [0.15, 0.2) is 6.20 Å². The molecule has 0 radical (unpaired) electrons. The first-order chi connectivity index (χ1) is 13.2. The van der Waals surface area contributed by atoms with Crippen LogP contribution in [-0.4, -0.2) is 56.4 Å². The maximum Gasteiger partial charge on any atom is 0.317 e. The fraction of sp³-hybridized carbons (Fsp3) is 0.684. The molecule has 2 aliphatic rings. The highest BCUT2D eigenvalue weighted by molar-refractivity contribution is 5.86. The van der Waals surface area contributed by atoms with E-state index < -0.39 is 0 Å². The van der Waals surface area contributed by atoms with Gasteiger partial charge < -0.3 is 15.5 Å². The van der Waals surface area contributed by atoms with Gasteiger partial charge in [0.15, 0.2) is 5.65 Å². The number of aryl methyl sites for hydroxylation is 1. The lowest BCUT2D eigenvalue weighted by atomic mass is 10.0. The molecule has 0 bridgehead atoms. The van der Waals surface area contributed by atoms with Gasteiger partial charge in [-0.3, -0.25) is 4.68 Å². The van der Waals surface area contributed by atoms with Gasteiger partial charge in [-0.2, -0.15) is 5.10 Å². The molecule has 2 amide bonds. The van der Waals surface area contributed by atoms with E-state index in [1.54, 1.807) is 0 Å². The molecule has 0 spiro atoms. The molecular weight excluding hydrogens is 342 g/mol. The van der Waals surface area contributed by atoms with E-state index in [4.69, 9.17) is 9.97 Å². The molecular formula is C19H29N7O. The lowest BCUT2D eigenvalue weighted by Crippen LogP contribution is -2.46. The molecule has 146 valence electrons. The summed E-state index contributed by atoms with van der Waals surface area (Å²) < 4.78 is 1.83. The highest BCUT2D eigenvalue weighted by Gasteiger charge is 2.26. The van der Waals surface area contributed by atoms with Crippen LogP contribution in [-0.2, 0) is 7.05 Å². The van der Waals surface area contributed by atoms with E-state index >= 15 is 0 Å². The number of urea groups is 1. The lowest BCUT2D eigenvalue weighted by Gasteiger charge is -2.32. The van der Waals surface area contributed by atoms with E-state index in [1.165, 1.54) is 25.7 Å². The topological polar surface area (TPSA) is 88.0 Å². The van der Waals surface area contributed by atoms with Gasteiger partial charge in [0.25, 0.3) is 0 Å². The van der Waals surface area contributed by atoms with Crippen molar-refractivity contribution in [2.45, 2.75) is 57.4 Å². The van der Waals surface area contributed by atoms with Gasteiger partial charge in [-0.05, 0) is 32.6 Å². The second-order valence-corrected chi connectivity index (χ2v) is 7.66. The number of nitrogens with zero attached hydrogens (tertiary/aromatic N) is 5. The molecule has 2 fully saturated rings. The van der Waals surface area contributed by atoms with Crippen LogP contribution in [0.4, 0.5) is 10.6 Å². The van der Waals surface area contributed by atoms with Crippen molar-refractivity contribution in [3.63, 3.8) is 0 Å². The fourth-order valence-corrected chi connectivity index (χ4v) is 4.20. The zero-order valence-electron chi connectivity index (χ0n) is 16.2. The molecule has 1 aliphatic carbocycles. The van der Waals surface area contributed by atoms with Crippen molar-refractivity contribution in [3.05, 3.63) is 12.0 Å². The van der Waals surface area contributed by atoms with Crippen LogP contribution in [0.5, 0.6) is 0 Å². The molecule has 1 saturated carbocycles. The largest absolute Gasteiger partial charge is 0.366 e. The zero-order chi connectivity index (χ0) is 18.8. The number of likely N-dealkylation sites (tertiary alicyclic amines) is 1. The van der Waals surface area contributed by atoms with Gasteiger partial charge in [-0.1, -0.05) is 12.8 Å². The highest BCUT2D eigenvalue weighted by Crippen LogP contribution is 2.34. The minimum Gasteiger partial charge on any atom is -0.366 e. The summed E-state index contributed by atoms with van der Waals surface area (Å²) in [4.78, 5) is 23.6. The Hall–Kier alpha value is -2.38. The standard InChI is InChI=1S/C19H29N7O/c1-3-20-19(27)26-10-8-14(9-11-26)22-17-15-12-21-25(2)18(15)24-16(23-17)13-6-4-5-7-13/h12-14H,3-11H2,1-2H3,(H,20,27)(H,22,23,24). The maximum atomic E-state index is 12.0. The summed E-state index contributed by atoms with van der Waals surface area (Å²) >= 11 is 0. The van der Waals surface area contributed by atoms with E-state index in [0.717, 1.165) is 48.6 Å². The molecule has 0 unspecified atom stereocenters. The van der Waals surface area contributed by atoms with Crippen molar-refractivity contribution in [2.24, 2.45) is 7.05 Å². The number of hydrogen-bond donors (Lipinski definition) is 2. The van der Waals surface area contributed by atoms with Crippen LogP contribution >= 0.6 is 0 Å². The minimum atomic E-state index is 0.0381. The Labute approximate surface area is 159 Å². The van der Waals surface area contributed by atoms with E-state index in [0.29, 0.717) is 18.5 Å². The monoisotopic (exact) mass is 371 g/mol. The normalized spacial score (nSPS) is 19.0. The average Bonchev–Trinajstić information content (AvgIpc) is 3.33. The number of fused-ring (bicyclic) bond motifs is 1. The molecule has 1 saturated heterocycles. The lowest BCUT2D eigenvalue weighted by molar-refractivity contribution is 0.184. The molecule has 2 aromatic heterocycles. The first-order valence-corrected chi connectivity index (χ1v) is 10.1. The number of nitrogens with one attached hydrogen (secondary N) is 2. The van der Waals surface area contributed by atoms with Crippen molar-refractivity contribution in [3.8, 4) is 0 Å². The van der Waals surface area contributed by atoms with Crippen molar-refractivity contribution in [1.82, 2.24) is 30.0 Å². The highest BCUT2D eigenvalue weighted by atomic mass is 16.2. The second kappa shape index (κ2) is 7.70. The van der Waals surface area contributed by atoms with Gasteiger partial charge in [0.2, 0.25) is 0 Å². The van der Waals surface area contributed by atoms with E-state index in [9.17, 15) is 4.79 Å². The Morgan fingerprint density at radius 2 is 1.93 bits per heavy atom. The summed E-state index contributed by atoms with van der Waals surface area (Å²) in [7, 11) is 1.93. The number of amides is 2. The van der Waals surface area contributed by atoms with Crippen LogP contribution in [0.2, 0.25) is 0 Å². The Bertz CT molecular complexity index is 804. The molecule has 4 rings (SSSR count). The number of anilines is 1. The maximum absolute atomic E-state index is 12.0. The van der Waals surface area contributed by atoms with E-state index in [1.807, 2.05) is 29.7 Å². The molecule has 2 N–H and O–H groups in total. The molecule has 2 aromatic rings. The Balaban J connectivity index is 1.51. The van der Waals surface area contributed by atoms with Crippen LogP contribution < -0.4 is 10.6 Å². The van der Waals surface area contributed by atoms with Crippen molar-refractivity contribution in [1.29, 1.82) is 0 Å². The fourth-order valence-electron chi connectivity index (χ4n) is 4.20. The quantitative estimate of drug-likeness (QED) is 0.863. The first-order valence-electron chi connectivity index (χ1n) is 10.1. The number of carbonyl (C=O) groups excluding carboxylic acids is 1. The zero-order valence-corrected chi connectivity index (χ0v) is 16.2. The van der Waals surface area contributed by atoms with Gasteiger partial charge in [0, 0.05) is 38.6 Å². The third-order valence-corrected chi connectivity index (χ3v) is 5.78. The number of rotatable bonds is 4. The van der Waals surface area contributed by atoms with Gasteiger partial charge in [0.1, 0.15) is 11.6 Å². The predicted octanol–water partition coefficient (Wildman–Crippen LogP) is 2.63. The van der Waals surface area contributed by atoms with Crippen LogP contribution in [0.3, 0.4) is 0 Å². The minimum absolute atomic E-state index is 0.0381. The number of aromatic nitrogens is 4. The summed E-state index contributed by atoms with van der Waals surface area (Å²) in [5.74, 6) is 2.31. The third-order valence-electron chi connectivity index (χ3n) is 5.78.